The van der Waals surface area contributed by atoms with Gasteiger partial charge in [-0.1, -0.05) is 30.3 Å². The number of rotatable bonds is 11. The summed E-state index contributed by atoms with van der Waals surface area (Å²) in [6, 6.07) is 13.3. The third-order valence-electron chi connectivity index (χ3n) is 7.18. The van der Waals surface area contributed by atoms with Crippen LogP contribution in [0.1, 0.15) is 80.1 Å². The first-order valence-electron chi connectivity index (χ1n) is 14.1. The summed E-state index contributed by atoms with van der Waals surface area (Å²) in [6.07, 6.45) is 4.29. The van der Waals surface area contributed by atoms with Crippen molar-refractivity contribution in [2.75, 3.05) is 18.4 Å². The minimum absolute atomic E-state index is 0.296. The van der Waals surface area contributed by atoms with Gasteiger partial charge in [0, 0.05) is 30.1 Å². The second-order valence-electron chi connectivity index (χ2n) is 11.0. The van der Waals surface area contributed by atoms with Crippen molar-refractivity contribution in [3.05, 3.63) is 86.3 Å². The molecule has 4 rings (SSSR count). The molecular formula is C32H40N4O4S. The predicted octanol–water partition coefficient (Wildman–Crippen LogP) is 4.82. The summed E-state index contributed by atoms with van der Waals surface area (Å²) in [6.45, 7) is 8.81. The maximum Gasteiger partial charge on any atom is 0.274 e. The Labute approximate surface area is 246 Å². The van der Waals surface area contributed by atoms with Gasteiger partial charge in [-0.3, -0.25) is 14.5 Å². The first kappa shape index (κ1) is 30.6. The predicted molar refractivity (Wildman–Crippen MR) is 165 cm³/mol. The van der Waals surface area contributed by atoms with E-state index in [1.165, 1.54) is 16.9 Å². The van der Waals surface area contributed by atoms with Crippen molar-refractivity contribution in [2.24, 2.45) is 5.10 Å². The fourth-order valence-electron chi connectivity index (χ4n) is 5.16. The highest BCUT2D eigenvalue weighted by atomic mass is 32.1. The molecule has 9 heteroatoms. The lowest BCUT2D eigenvalue weighted by Gasteiger charge is -2.25. The van der Waals surface area contributed by atoms with Crippen LogP contribution in [0, 0.1) is 13.8 Å². The highest BCUT2D eigenvalue weighted by molar-refractivity contribution is 7.17. The van der Waals surface area contributed by atoms with Gasteiger partial charge in [-0.05, 0) is 93.3 Å². The van der Waals surface area contributed by atoms with Crippen molar-refractivity contribution in [3.63, 3.8) is 0 Å². The molecule has 2 atom stereocenters. The smallest absolute Gasteiger partial charge is 0.274 e. The average molecular weight is 577 g/mol. The molecule has 41 heavy (non-hydrogen) atoms. The molecule has 0 spiro atoms. The molecule has 0 fully saturated rings. The van der Waals surface area contributed by atoms with E-state index in [0.29, 0.717) is 35.8 Å². The number of anilines is 1. The number of benzene rings is 2. The minimum atomic E-state index is -0.542. The van der Waals surface area contributed by atoms with E-state index >= 15 is 0 Å². The standard InChI is InChI=1S/C32H40N4O4S/c1-20-12-13-24(14-21(20)2)16-33-35-31(40)29-27-10-5-6-11-28(27)41-32(29)34-30(39)26-9-7-8-25(15-26)19-36(17-22(3)37)18-23(4)38/h7-9,12-16,22-23,37-38H,5-6,10-11,17-19H2,1-4H3,(H,34,39)(H,35,40)/b33-16+. The zero-order valence-corrected chi connectivity index (χ0v) is 25.1. The number of aliphatic hydroxyl groups excluding tert-OH is 2. The van der Waals surface area contributed by atoms with Gasteiger partial charge in [-0.25, -0.2) is 5.43 Å². The van der Waals surface area contributed by atoms with E-state index in [1.807, 2.05) is 55.1 Å². The summed E-state index contributed by atoms with van der Waals surface area (Å²) in [4.78, 5) is 29.9. The molecule has 1 heterocycles. The maximum absolute atomic E-state index is 13.4. The molecule has 1 aliphatic carbocycles. The van der Waals surface area contributed by atoms with Crippen molar-refractivity contribution in [1.82, 2.24) is 10.3 Å². The summed E-state index contributed by atoms with van der Waals surface area (Å²) in [7, 11) is 0. The Balaban J connectivity index is 1.51. The number of amides is 2. The number of fused-ring (bicyclic) bond motifs is 1. The Hall–Kier alpha value is -3.37. The van der Waals surface area contributed by atoms with E-state index in [-0.39, 0.29) is 11.8 Å². The van der Waals surface area contributed by atoms with Gasteiger partial charge >= 0.3 is 0 Å². The molecule has 2 aromatic carbocycles. The van der Waals surface area contributed by atoms with E-state index in [9.17, 15) is 19.8 Å². The van der Waals surface area contributed by atoms with Gasteiger partial charge in [-0.2, -0.15) is 5.10 Å². The van der Waals surface area contributed by atoms with Gasteiger partial charge < -0.3 is 15.5 Å². The maximum atomic E-state index is 13.4. The number of hydrazone groups is 1. The van der Waals surface area contributed by atoms with Crippen molar-refractivity contribution in [2.45, 2.75) is 72.1 Å². The number of hydrogen-bond donors (Lipinski definition) is 4. The molecule has 2 amide bonds. The number of hydrogen-bond acceptors (Lipinski definition) is 7. The molecule has 1 aliphatic rings. The van der Waals surface area contributed by atoms with Gasteiger partial charge in [0.2, 0.25) is 0 Å². The van der Waals surface area contributed by atoms with Crippen molar-refractivity contribution in [3.8, 4) is 0 Å². The Bertz CT molecular complexity index is 1400. The highest BCUT2D eigenvalue weighted by Gasteiger charge is 2.26. The lowest BCUT2D eigenvalue weighted by molar-refractivity contribution is 0.0793. The Morgan fingerprint density at radius 1 is 1.00 bits per heavy atom. The second kappa shape index (κ2) is 14.0. The van der Waals surface area contributed by atoms with E-state index in [2.05, 4.69) is 15.8 Å². The van der Waals surface area contributed by atoms with Crippen LogP contribution >= 0.6 is 11.3 Å². The van der Waals surface area contributed by atoms with Crippen LogP contribution in [-0.2, 0) is 19.4 Å². The van der Waals surface area contributed by atoms with Gasteiger partial charge in [0.15, 0.2) is 0 Å². The van der Waals surface area contributed by atoms with Crippen LogP contribution in [0.25, 0.3) is 0 Å². The molecule has 4 N–H and O–H groups in total. The van der Waals surface area contributed by atoms with Gasteiger partial charge in [0.05, 0.1) is 24.0 Å². The molecule has 1 aromatic heterocycles. The fourth-order valence-corrected chi connectivity index (χ4v) is 6.44. The van der Waals surface area contributed by atoms with Crippen LogP contribution < -0.4 is 10.7 Å². The first-order valence-corrected chi connectivity index (χ1v) is 15.0. The molecule has 0 bridgehead atoms. The molecular weight excluding hydrogens is 536 g/mol. The van der Waals surface area contributed by atoms with Crippen LogP contribution in [-0.4, -0.2) is 58.4 Å². The summed E-state index contributed by atoms with van der Waals surface area (Å²) in [5, 5.41) is 27.5. The van der Waals surface area contributed by atoms with Crippen molar-refractivity contribution >= 4 is 34.4 Å². The average Bonchev–Trinajstić information content (AvgIpc) is 3.28. The van der Waals surface area contributed by atoms with Crippen molar-refractivity contribution in [1.29, 1.82) is 0 Å². The summed E-state index contributed by atoms with van der Waals surface area (Å²) < 4.78 is 0. The molecule has 0 saturated carbocycles. The number of nitrogens with zero attached hydrogens (tertiary/aromatic N) is 2. The number of aryl methyl sites for hydroxylation is 3. The molecule has 0 saturated heterocycles. The summed E-state index contributed by atoms with van der Waals surface area (Å²) in [5.41, 5.74) is 8.77. The summed E-state index contributed by atoms with van der Waals surface area (Å²) >= 11 is 1.47. The molecule has 0 radical (unpaired) electrons. The SMILES string of the molecule is Cc1ccc(/C=N/NC(=O)c2c(NC(=O)c3cccc(CN(CC(C)O)CC(C)O)c3)sc3c2CCCC3)cc1C. The second-order valence-corrected chi connectivity index (χ2v) is 12.1. The summed E-state index contributed by atoms with van der Waals surface area (Å²) in [5.74, 6) is -0.629. The number of nitrogens with one attached hydrogen (secondary N) is 2. The quantitative estimate of drug-likeness (QED) is 0.193. The normalized spacial score (nSPS) is 14.6. The minimum Gasteiger partial charge on any atom is -0.392 e. The van der Waals surface area contributed by atoms with Crippen LogP contribution in [0.4, 0.5) is 5.00 Å². The molecule has 3 aromatic rings. The number of thiophene rings is 1. The van der Waals surface area contributed by atoms with E-state index in [4.69, 9.17) is 0 Å². The van der Waals surface area contributed by atoms with Crippen LogP contribution in [0.3, 0.4) is 0 Å². The molecule has 2 unspecified atom stereocenters. The lowest BCUT2D eigenvalue weighted by atomic mass is 9.95. The topological polar surface area (TPSA) is 114 Å². The van der Waals surface area contributed by atoms with E-state index in [1.54, 1.807) is 26.1 Å². The van der Waals surface area contributed by atoms with Crippen LogP contribution in [0.15, 0.2) is 47.6 Å². The van der Waals surface area contributed by atoms with E-state index in [0.717, 1.165) is 52.8 Å². The first-order chi connectivity index (χ1) is 19.6. The number of carbonyl (C=O) groups is 2. The van der Waals surface area contributed by atoms with Crippen LogP contribution in [0.2, 0.25) is 0 Å². The van der Waals surface area contributed by atoms with Gasteiger partial charge in [-0.15, -0.1) is 11.3 Å². The van der Waals surface area contributed by atoms with E-state index < -0.39 is 12.2 Å². The molecule has 218 valence electrons. The Morgan fingerprint density at radius 3 is 2.44 bits per heavy atom. The number of aliphatic hydroxyl groups is 2. The largest absolute Gasteiger partial charge is 0.392 e. The Kier molecular flexibility index (Phi) is 10.4. The lowest BCUT2D eigenvalue weighted by Crippen LogP contribution is -2.35. The monoisotopic (exact) mass is 576 g/mol. The van der Waals surface area contributed by atoms with Crippen molar-refractivity contribution < 1.29 is 19.8 Å². The zero-order valence-electron chi connectivity index (χ0n) is 24.2. The van der Waals surface area contributed by atoms with Crippen LogP contribution in [0.5, 0.6) is 0 Å². The third kappa shape index (κ3) is 8.33. The van der Waals surface area contributed by atoms with Gasteiger partial charge in [0.1, 0.15) is 5.00 Å². The highest BCUT2D eigenvalue weighted by Crippen LogP contribution is 2.38. The van der Waals surface area contributed by atoms with Gasteiger partial charge in [0.25, 0.3) is 11.8 Å². The third-order valence-corrected chi connectivity index (χ3v) is 8.38. The zero-order chi connectivity index (χ0) is 29.5. The molecule has 8 nitrogen and oxygen atoms in total. The molecule has 0 aliphatic heterocycles. The number of carbonyl (C=O) groups excluding carboxylic acids is 2. The Morgan fingerprint density at radius 2 is 1.73 bits per heavy atom. The fraction of sp³-hybridized carbons (Fsp3) is 0.406.